The first-order valence-corrected chi connectivity index (χ1v) is 7.96. The van der Waals surface area contributed by atoms with Crippen molar-refractivity contribution >= 4 is 23.2 Å². The summed E-state index contributed by atoms with van der Waals surface area (Å²) in [6, 6.07) is 15.7. The molecule has 2 aromatic carbocycles. The van der Waals surface area contributed by atoms with Crippen LogP contribution in [0.3, 0.4) is 0 Å². The second-order valence-corrected chi connectivity index (χ2v) is 5.94. The zero-order valence-corrected chi connectivity index (χ0v) is 14.1. The predicted octanol–water partition coefficient (Wildman–Crippen LogP) is 4.71. The molecule has 0 spiro atoms. The Labute approximate surface area is 151 Å². The van der Waals surface area contributed by atoms with Gasteiger partial charge in [-0.2, -0.15) is 13.2 Å². The molecule has 4 nitrogen and oxygen atoms in total. The van der Waals surface area contributed by atoms with Crippen molar-refractivity contribution in [3.63, 3.8) is 0 Å². The topological polar surface area (TPSA) is 46.9 Å². The molecule has 3 rings (SSSR count). The van der Waals surface area contributed by atoms with E-state index >= 15 is 0 Å². The lowest BCUT2D eigenvalue weighted by Gasteiger charge is -2.16. The molecule has 0 aliphatic heterocycles. The van der Waals surface area contributed by atoms with Crippen molar-refractivity contribution in [3.05, 3.63) is 87.3 Å². The van der Waals surface area contributed by atoms with Crippen LogP contribution in [0.25, 0.3) is 0 Å². The molecule has 0 aliphatic carbocycles. The van der Waals surface area contributed by atoms with Crippen molar-refractivity contribution in [3.8, 4) is 0 Å². The predicted molar refractivity (Wildman–Crippen MR) is 93.8 cm³/mol. The highest BCUT2D eigenvalue weighted by Gasteiger charge is 2.34. The maximum atomic E-state index is 13.0. The minimum absolute atomic E-state index is 0.0841. The van der Waals surface area contributed by atoms with Gasteiger partial charge in [0.15, 0.2) is 5.69 Å². The summed E-state index contributed by atoms with van der Waals surface area (Å²) in [4.78, 5) is 15.9. The van der Waals surface area contributed by atoms with E-state index in [1.54, 1.807) is 48.5 Å². The fourth-order valence-electron chi connectivity index (χ4n) is 2.33. The van der Waals surface area contributed by atoms with Gasteiger partial charge in [-0.15, -0.1) is 0 Å². The van der Waals surface area contributed by atoms with Crippen molar-refractivity contribution < 1.29 is 13.2 Å². The van der Waals surface area contributed by atoms with Crippen molar-refractivity contribution in [2.45, 2.75) is 12.7 Å². The van der Waals surface area contributed by atoms with Crippen LogP contribution in [-0.2, 0) is 12.7 Å². The van der Waals surface area contributed by atoms with Gasteiger partial charge in [0.05, 0.1) is 6.54 Å². The minimum Gasteiger partial charge on any atom is -0.326 e. The van der Waals surface area contributed by atoms with Gasteiger partial charge in [-0.25, -0.2) is 4.98 Å². The zero-order chi connectivity index (χ0) is 18.7. The fraction of sp³-hybridized carbons (Fsp3) is 0.111. The molecule has 1 aromatic heterocycles. The van der Waals surface area contributed by atoms with E-state index in [4.69, 9.17) is 11.6 Å². The molecule has 1 heterocycles. The highest BCUT2D eigenvalue weighted by atomic mass is 35.5. The largest absolute Gasteiger partial charge is 0.433 e. The fourth-order valence-corrected chi connectivity index (χ4v) is 2.45. The Bertz CT molecular complexity index is 954. The summed E-state index contributed by atoms with van der Waals surface area (Å²) in [7, 11) is 0. The molecule has 26 heavy (non-hydrogen) atoms. The van der Waals surface area contributed by atoms with Crippen molar-refractivity contribution in [1.29, 1.82) is 0 Å². The Hall–Kier alpha value is -2.80. The molecule has 0 atom stereocenters. The van der Waals surface area contributed by atoms with Crippen molar-refractivity contribution in [2.24, 2.45) is 0 Å². The van der Waals surface area contributed by atoms with E-state index in [0.29, 0.717) is 16.8 Å². The van der Waals surface area contributed by atoms with Crippen LogP contribution in [0.2, 0.25) is 5.02 Å². The monoisotopic (exact) mass is 379 g/mol. The Morgan fingerprint density at radius 2 is 1.69 bits per heavy atom. The first-order chi connectivity index (χ1) is 12.3. The molecule has 1 N–H and O–H groups in total. The molecule has 0 aliphatic rings. The molecule has 0 fully saturated rings. The van der Waals surface area contributed by atoms with Crippen LogP contribution in [0.4, 0.5) is 24.8 Å². The first kappa shape index (κ1) is 18.0. The number of alkyl halides is 3. The first-order valence-electron chi connectivity index (χ1n) is 7.58. The molecule has 8 heteroatoms. The standard InChI is InChI=1S/C18H13ClF3N3O/c19-13-6-8-14(9-7-13)23-17-24-15(18(20,21)22)10-16(26)25(17)11-12-4-2-1-3-5-12/h1-10H,11H2,(H,23,24). The number of rotatable bonds is 4. The number of hydrogen-bond acceptors (Lipinski definition) is 3. The maximum Gasteiger partial charge on any atom is 0.433 e. The number of halogens is 4. The van der Waals surface area contributed by atoms with E-state index in [1.807, 2.05) is 6.07 Å². The number of nitrogens with zero attached hydrogens (tertiary/aromatic N) is 2. The van der Waals surface area contributed by atoms with Gasteiger partial charge in [0, 0.05) is 16.8 Å². The lowest BCUT2D eigenvalue weighted by Crippen LogP contribution is -2.27. The minimum atomic E-state index is -4.72. The summed E-state index contributed by atoms with van der Waals surface area (Å²) in [6.45, 7) is 0.0841. The normalized spacial score (nSPS) is 11.4. The zero-order valence-electron chi connectivity index (χ0n) is 13.3. The van der Waals surface area contributed by atoms with Gasteiger partial charge < -0.3 is 5.32 Å². The Kier molecular flexibility index (Phi) is 4.99. The number of benzene rings is 2. The molecule has 0 radical (unpaired) electrons. The van der Waals surface area contributed by atoms with E-state index in [1.165, 1.54) is 0 Å². The molecule has 0 bridgehead atoms. The van der Waals surface area contributed by atoms with Gasteiger partial charge in [0.1, 0.15) is 0 Å². The Balaban J connectivity index is 2.06. The van der Waals surface area contributed by atoms with E-state index in [9.17, 15) is 18.0 Å². The Morgan fingerprint density at radius 1 is 1.04 bits per heavy atom. The van der Waals surface area contributed by atoms with Crippen LogP contribution in [-0.4, -0.2) is 9.55 Å². The Morgan fingerprint density at radius 3 is 2.31 bits per heavy atom. The van der Waals surface area contributed by atoms with Crippen molar-refractivity contribution in [1.82, 2.24) is 9.55 Å². The number of hydrogen-bond donors (Lipinski definition) is 1. The molecule has 0 saturated carbocycles. The second kappa shape index (κ2) is 7.21. The lowest BCUT2D eigenvalue weighted by atomic mass is 10.2. The summed E-state index contributed by atoms with van der Waals surface area (Å²) in [6.07, 6.45) is -4.72. The summed E-state index contributed by atoms with van der Waals surface area (Å²) in [5.74, 6) is -0.198. The van der Waals surface area contributed by atoms with Crippen LogP contribution in [0, 0.1) is 0 Å². The maximum absolute atomic E-state index is 13.0. The molecular formula is C18H13ClF3N3O. The van der Waals surface area contributed by atoms with Gasteiger partial charge in [0.2, 0.25) is 5.95 Å². The van der Waals surface area contributed by atoms with E-state index < -0.39 is 17.4 Å². The summed E-state index contributed by atoms with van der Waals surface area (Å²) >= 11 is 5.82. The second-order valence-electron chi connectivity index (χ2n) is 5.50. The average Bonchev–Trinajstić information content (AvgIpc) is 2.59. The SMILES string of the molecule is O=c1cc(C(F)(F)F)nc(Nc2ccc(Cl)cc2)n1Cc1ccccc1. The van der Waals surface area contributed by atoms with Gasteiger partial charge >= 0.3 is 6.18 Å². The summed E-state index contributed by atoms with van der Waals surface area (Å²) in [5.41, 5.74) is -0.825. The molecule has 0 saturated heterocycles. The third-order valence-electron chi connectivity index (χ3n) is 3.58. The molecule has 134 valence electrons. The highest BCUT2D eigenvalue weighted by molar-refractivity contribution is 6.30. The van der Waals surface area contributed by atoms with E-state index in [-0.39, 0.29) is 12.5 Å². The van der Waals surface area contributed by atoms with Gasteiger partial charge in [-0.05, 0) is 29.8 Å². The van der Waals surface area contributed by atoms with Crippen LogP contribution in [0.1, 0.15) is 11.3 Å². The van der Waals surface area contributed by atoms with Crippen LogP contribution in [0.15, 0.2) is 65.5 Å². The summed E-state index contributed by atoms with van der Waals surface area (Å²) < 4.78 is 40.3. The van der Waals surface area contributed by atoms with E-state index in [2.05, 4.69) is 10.3 Å². The smallest absolute Gasteiger partial charge is 0.326 e. The number of aromatic nitrogens is 2. The summed E-state index contributed by atoms with van der Waals surface area (Å²) in [5, 5.41) is 3.25. The molecule has 3 aromatic rings. The molecule has 0 amide bonds. The van der Waals surface area contributed by atoms with Crippen molar-refractivity contribution in [2.75, 3.05) is 5.32 Å². The third kappa shape index (κ3) is 4.23. The number of nitrogens with one attached hydrogen (secondary N) is 1. The van der Waals surface area contributed by atoms with Crippen LogP contribution < -0.4 is 10.9 Å². The van der Waals surface area contributed by atoms with Gasteiger partial charge in [-0.1, -0.05) is 41.9 Å². The third-order valence-corrected chi connectivity index (χ3v) is 3.83. The average molecular weight is 380 g/mol. The van der Waals surface area contributed by atoms with Crippen LogP contribution in [0.5, 0.6) is 0 Å². The van der Waals surface area contributed by atoms with E-state index in [0.717, 1.165) is 10.1 Å². The quantitative estimate of drug-likeness (QED) is 0.714. The van der Waals surface area contributed by atoms with Gasteiger partial charge in [-0.3, -0.25) is 9.36 Å². The number of anilines is 2. The van der Waals surface area contributed by atoms with Crippen LogP contribution >= 0.6 is 11.6 Å². The van der Waals surface area contributed by atoms with Gasteiger partial charge in [0.25, 0.3) is 5.56 Å². The highest BCUT2D eigenvalue weighted by Crippen LogP contribution is 2.28. The molecule has 0 unspecified atom stereocenters. The lowest BCUT2D eigenvalue weighted by molar-refractivity contribution is -0.141. The molecular weight excluding hydrogens is 367 g/mol.